The lowest BCUT2D eigenvalue weighted by atomic mass is 10.1. The third kappa shape index (κ3) is 4.40. The first-order valence-electron chi connectivity index (χ1n) is 8.74. The van der Waals surface area contributed by atoms with Gasteiger partial charge < -0.3 is 4.74 Å². The fourth-order valence-corrected chi connectivity index (χ4v) is 3.99. The molecule has 0 N–H and O–H groups in total. The molecule has 0 aliphatic carbocycles. The molecule has 144 valence electrons. The molecular formula is C22H21NO4S. The van der Waals surface area contributed by atoms with E-state index in [4.69, 9.17) is 4.74 Å². The van der Waals surface area contributed by atoms with E-state index in [2.05, 4.69) is 0 Å². The quantitative estimate of drug-likeness (QED) is 0.588. The summed E-state index contributed by atoms with van der Waals surface area (Å²) in [4.78, 5) is 12.4. The van der Waals surface area contributed by atoms with Gasteiger partial charge in [-0.2, -0.15) is 0 Å². The second-order valence-corrected chi connectivity index (χ2v) is 8.37. The number of benzene rings is 3. The van der Waals surface area contributed by atoms with Gasteiger partial charge in [0.05, 0.1) is 16.1 Å². The number of carbonyl (C=O) groups excluding carboxylic acids is 1. The van der Waals surface area contributed by atoms with Crippen LogP contribution in [-0.4, -0.2) is 21.4 Å². The van der Waals surface area contributed by atoms with Crippen LogP contribution in [0.3, 0.4) is 0 Å². The first-order chi connectivity index (χ1) is 13.4. The highest BCUT2D eigenvalue weighted by Gasteiger charge is 2.22. The molecule has 0 bridgehead atoms. The zero-order chi connectivity index (χ0) is 20.1. The van der Waals surface area contributed by atoms with Crippen LogP contribution >= 0.6 is 0 Å². The van der Waals surface area contributed by atoms with Crippen molar-refractivity contribution < 1.29 is 17.9 Å². The molecule has 3 aromatic carbocycles. The van der Waals surface area contributed by atoms with Gasteiger partial charge in [-0.3, -0.25) is 4.31 Å². The molecule has 0 saturated carbocycles. The van der Waals surface area contributed by atoms with Crippen LogP contribution in [0.15, 0.2) is 83.8 Å². The molecule has 28 heavy (non-hydrogen) atoms. The van der Waals surface area contributed by atoms with E-state index < -0.39 is 16.0 Å². The van der Waals surface area contributed by atoms with E-state index in [9.17, 15) is 13.2 Å². The number of carbonyl (C=O) groups is 1. The number of rotatable bonds is 6. The van der Waals surface area contributed by atoms with Crippen molar-refractivity contribution in [3.8, 4) is 0 Å². The van der Waals surface area contributed by atoms with Crippen molar-refractivity contribution in [2.24, 2.45) is 0 Å². The molecule has 3 rings (SSSR count). The first kappa shape index (κ1) is 19.6. The fourth-order valence-electron chi connectivity index (χ4n) is 2.75. The summed E-state index contributed by atoms with van der Waals surface area (Å²) in [5.41, 5.74) is 2.68. The minimum atomic E-state index is -3.80. The average Bonchev–Trinajstić information content (AvgIpc) is 2.72. The molecule has 0 aliphatic heterocycles. The second-order valence-electron chi connectivity index (χ2n) is 6.40. The van der Waals surface area contributed by atoms with Gasteiger partial charge in [-0.05, 0) is 42.8 Å². The number of esters is 1. The Labute approximate surface area is 165 Å². The third-order valence-corrected chi connectivity index (χ3v) is 6.08. The average molecular weight is 395 g/mol. The molecular weight excluding hydrogens is 374 g/mol. The molecule has 0 aliphatic rings. The smallest absolute Gasteiger partial charge is 0.338 e. The van der Waals surface area contributed by atoms with Crippen molar-refractivity contribution in [2.75, 3.05) is 11.4 Å². The van der Waals surface area contributed by atoms with E-state index in [1.165, 1.54) is 29.6 Å². The van der Waals surface area contributed by atoms with Crippen LogP contribution in [0.5, 0.6) is 0 Å². The number of hydrogen-bond donors (Lipinski definition) is 0. The third-order valence-electron chi connectivity index (χ3n) is 4.30. The highest BCUT2D eigenvalue weighted by Crippen LogP contribution is 2.22. The van der Waals surface area contributed by atoms with Gasteiger partial charge in [0.2, 0.25) is 0 Å². The summed E-state index contributed by atoms with van der Waals surface area (Å²) in [6, 6.07) is 22.3. The SMILES string of the molecule is Cc1cccc(COC(=O)c2cccc(S(=O)(=O)N(C)c3ccccc3)c2)c1. The number of sulfonamides is 1. The molecule has 0 fully saturated rings. The van der Waals surface area contributed by atoms with E-state index in [1.54, 1.807) is 30.3 Å². The molecule has 0 spiro atoms. The van der Waals surface area contributed by atoms with Crippen LogP contribution in [0.1, 0.15) is 21.5 Å². The largest absolute Gasteiger partial charge is 0.457 e. The topological polar surface area (TPSA) is 63.7 Å². The van der Waals surface area contributed by atoms with E-state index >= 15 is 0 Å². The minimum Gasteiger partial charge on any atom is -0.457 e. The van der Waals surface area contributed by atoms with Crippen molar-refractivity contribution in [1.29, 1.82) is 0 Å². The number of hydrogen-bond acceptors (Lipinski definition) is 4. The van der Waals surface area contributed by atoms with Crippen molar-refractivity contribution in [3.05, 3.63) is 95.6 Å². The summed E-state index contributed by atoms with van der Waals surface area (Å²) in [6.45, 7) is 2.09. The Hall–Kier alpha value is -3.12. The molecule has 0 aromatic heterocycles. The number of aryl methyl sites for hydroxylation is 1. The normalized spacial score (nSPS) is 11.1. The number of anilines is 1. The van der Waals surface area contributed by atoms with Gasteiger partial charge in [0.25, 0.3) is 10.0 Å². The Morgan fingerprint density at radius 2 is 1.64 bits per heavy atom. The number of para-hydroxylation sites is 1. The molecule has 0 saturated heterocycles. The van der Waals surface area contributed by atoms with Gasteiger partial charge in [0, 0.05) is 7.05 Å². The van der Waals surface area contributed by atoms with Gasteiger partial charge in [-0.15, -0.1) is 0 Å². The van der Waals surface area contributed by atoms with Crippen LogP contribution in [0.4, 0.5) is 5.69 Å². The predicted molar refractivity (Wildman–Crippen MR) is 109 cm³/mol. The van der Waals surface area contributed by atoms with Gasteiger partial charge in [-0.25, -0.2) is 13.2 Å². The minimum absolute atomic E-state index is 0.0314. The summed E-state index contributed by atoms with van der Waals surface area (Å²) < 4.78 is 32.3. The van der Waals surface area contributed by atoms with Gasteiger partial charge in [0.1, 0.15) is 6.61 Å². The van der Waals surface area contributed by atoms with E-state index in [0.717, 1.165) is 11.1 Å². The Balaban J connectivity index is 1.78. The highest BCUT2D eigenvalue weighted by molar-refractivity contribution is 7.92. The first-order valence-corrected chi connectivity index (χ1v) is 10.2. The Bertz CT molecular complexity index is 1080. The Kier molecular flexibility index (Phi) is 5.80. The molecule has 0 unspecified atom stereocenters. The van der Waals surface area contributed by atoms with Crippen molar-refractivity contribution in [1.82, 2.24) is 0 Å². The number of nitrogens with zero attached hydrogens (tertiary/aromatic N) is 1. The standard InChI is InChI=1S/C22H21NO4S/c1-17-8-6-9-18(14-17)16-27-22(24)19-10-7-13-21(15-19)28(25,26)23(2)20-11-4-3-5-12-20/h3-15H,16H2,1-2H3. The van der Waals surface area contributed by atoms with Gasteiger partial charge in [-0.1, -0.05) is 54.1 Å². The lowest BCUT2D eigenvalue weighted by molar-refractivity contribution is 0.0472. The van der Waals surface area contributed by atoms with Gasteiger partial charge >= 0.3 is 5.97 Å². The highest BCUT2D eigenvalue weighted by atomic mass is 32.2. The maximum atomic E-state index is 12.9. The van der Waals surface area contributed by atoms with Crippen LogP contribution in [0, 0.1) is 6.92 Å². The molecule has 3 aromatic rings. The van der Waals surface area contributed by atoms with Crippen LogP contribution in [0.2, 0.25) is 0 Å². The van der Waals surface area contributed by atoms with E-state index in [0.29, 0.717) is 5.69 Å². The summed E-state index contributed by atoms with van der Waals surface area (Å²) in [5.74, 6) is -0.569. The molecule has 0 atom stereocenters. The molecule has 0 heterocycles. The van der Waals surface area contributed by atoms with Crippen LogP contribution < -0.4 is 4.31 Å². The van der Waals surface area contributed by atoms with Crippen molar-refractivity contribution in [3.63, 3.8) is 0 Å². The van der Waals surface area contributed by atoms with E-state index in [1.807, 2.05) is 37.3 Å². The van der Waals surface area contributed by atoms with E-state index in [-0.39, 0.29) is 17.1 Å². The lowest BCUT2D eigenvalue weighted by Gasteiger charge is -2.19. The zero-order valence-corrected chi connectivity index (χ0v) is 16.5. The monoisotopic (exact) mass is 395 g/mol. The molecule has 0 amide bonds. The van der Waals surface area contributed by atoms with Crippen LogP contribution in [0.25, 0.3) is 0 Å². The predicted octanol–water partition coefficient (Wildman–Crippen LogP) is 4.18. The van der Waals surface area contributed by atoms with Crippen LogP contribution in [-0.2, 0) is 21.4 Å². The van der Waals surface area contributed by atoms with Crippen molar-refractivity contribution >= 4 is 21.7 Å². The molecule has 0 radical (unpaired) electrons. The molecule has 6 heteroatoms. The second kappa shape index (κ2) is 8.27. The lowest BCUT2D eigenvalue weighted by Crippen LogP contribution is -2.26. The Morgan fingerprint density at radius 3 is 2.36 bits per heavy atom. The molecule has 5 nitrogen and oxygen atoms in total. The summed E-state index contributed by atoms with van der Waals surface area (Å²) in [5, 5.41) is 0. The Morgan fingerprint density at radius 1 is 0.929 bits per heavy atom. The summed E-state index contributed by atoms with van der Waals surface area (Å²) in [7, 11) is -2.32. The zero-order valence-electron chi connectivity index (χ0n) is 15.7. The van der Waals surface area contributed by atoms with Gasteiger partial charge in [0.15, 0.2) is 0 Å². The van der Waals surface area contributed by atoms with Crippen molar-refractivity contribution in [2.45, 2.75) is 18.4 Å². The maximum Gasteiger partial charge on any atom is 0.338 e. The number of ether oxygens (including phenoxy) is 1. The fraction of sp³-hybridized carbons (Fsp3) is 0.136. The summed E-state index contributed by atoms with van der Waals surface area (Å²) in [6.07, 6.45) is 0. The summed E-state index contributed by atoms with van der Waals surface area (Å²) >= 11 is 0. The maximum absolute atomic E-state index is 12.9.